The maximum absolute atomic E-state index is 11.5. The molecule has 0 radical (unpaired) electrons. The zero-order valence-corrected chi connectivity index (χ0v) is 15.8. The van der Waals surface area contributed by atoms with Gasteiger partial charge in [0.25, 0.3) is 5.69 Å². The van der Waals surface area contributed by atoms with E-state index in [0.29, 0.717) is 17.3 Å². The number of pyridine rings is 1. The van der Waals surface area contributed by atoms with Gasteiger partial charge in [-0.25, -0.2) is 4.98 Å². The molecule has 0 spiro atoms. The second kappa shape index (κ2) is 7.07. The third-order valence-corrected chi connectivity index (χ3v) is 5.35. The molecule has 6 nitrogen and oxygen atoms in total. The molecule has 1 N–H and O–H groups in total. The second-order valence-electron chi connectivity index (χ2n) is 6.64. The lowest BCUT2D eigenvalue weighted by Crippen LogP contribution is -2.23. The van der Waals surface area contributed by atoms with Gasteiger partial charge in [-0.3, -0.25) is 14.5 Å². The molecule has 1 fully saturated rings. The van der Waals surface area contributed by atoms with E-state index in [-0.39, 0.29) is 10.6 Å². The summed E-state index contributed by atoms with van der Waals surface area (Å²) in [7, 11) is 0. The molecule has 134 valence electrons. The van der Waals surface area contributed by atoms with Gasteiger partial charge in [0.2, 0.25) is 0 Å². The summed E-state index contributed by atoms with van der Waals surface area (Å²) in [5.74, 6) is 0.822. The highest BCUT2D eigenvalue weighted by molar-refractivity contribution is 9.10. The van der Waals surface area contributed by atoms with E-state index < -0.39 is 0 Å². The molecule has 0 saturated heterocycles. The molecule has 1 aliphatic carbocycles. The third-order valence-electron chi connectivity index (χ3n) is 4.88. The Morgan fingerprint density at radius 1 is 1.15 bits per heavy atom. The van der Waals surface area contributed by atoms with Gasteiger partial charge in [-0.15, -0.1) is 0 Å². The Bertz CT molecular complexity index is 963. The van der Waals surface area contributed by atoms with Crippen LogP contribution in [0, 0.1) is 10.1 Å². The Kier molecular flexibility index (Phi) is 4.63. The van der Waals surface area contributed by atoms with E-state index in [2.05, 4.69) is 21.2 Å². The number of benzene rings is 1. The average molecular weight is 415 g/mol. The Labute approximate surface area is 159 Å². The standard InChI is InChI=1S/C19H19BrN4O2/c20-13-10-11-17-22-18(15-8-4-5-9-16(15)24(25)26)19(23(17)12-13)21-14-6-2-1-3-7-14/h4-5,8-12,14,21H,1-3,6-7H2. The van der Waals surface area contributed by atoms with E-state index in [1.54, 1.807) is 12.1 Å². The van der Waals surface area contributed by atoms with Gasteiger partial charge < -0.3 is 5.32 Å². The van der Waals surface area contributed by atoms with Crippen molar-refractivity contribution in [3.05, 3.63) is 57.2 Å². The maximum atomic E-state index is 11.5. The normalized spacial score (nSPS) is 15.3. The molecule has 1 aromatic carbocycles. The summed E-state index contributed by atoms with van der Waals surface area (Å²) in [6.07, 6.45) is 7.85. The van der Waals surface area contributed by atoms with Crippen LogP contribution in [0.2, 0.25) is 0 Å². The van der Waals surface area contributed by atoms with Crippen molar-refractivity contribution < 1.29 is 4.92 Å². The highest BCUT2D eigenvalue weighted by Gasteiger charge is 2.24. The number of aromatic nitrogens is 2. The van der Waals surface area contributed by atoms with E-state index in [4.69, 9.17) is 4.98 Å². The number of nitro benzene ring substituents is 1. The van der Waals surface area contributed by atoms with Gasteiger partial charge in [-0.05, 0) is 47.0 Å². The van der Waals surface area contributed by atoms with E-state index in [1.165, 1.54) is 25.3 Å². The topological polar surface area (TPSA) is 72.5 Å². The molecule has 1 saturated carbocycles. The number of hydrogen-bond acceptors (Lipinski definition) is 4. The van der Waals surface area contributed by atoms with Gasteiger partial charge in [-0.2, -0.15) is 0 Å². The minimum absolute atomic E-state index is 0.0710. The Balaban J connectivity index is 1.88. The number of imidazole rings is 1. The first-order valence-corrected chi connectivity index (χ1v) is 9.61. The third kappa shape index (κ3) is 3.19. The predicted octanol–water partition coefficient (Wildman–Crippen LogP) is 5.42. The van der Waals surface area contributed by atoms with Gasteiger partial charge in [-0.1, -0.05) is 31.4 Å². The number of para-hydroxylation sites is 1. The fraction of sp³-hybridized carbons (Fsp3) is 0.316. The van der Waals surface area contributed by atoms with Crippen LogP contribution in [0.15, 0.2) is 47.1 Å². The fourth-order valence-corrected chi connectivity index (χ4v) is 3.95. The number of fused-ring (bicyclic) bond motifs is 1. The van der Waals surface area contributed by atoms with E-state index in [0.717, 1.165) is 28.8 Å². The Hall–Kier alpha value is -2.41. The molecule has 26 heavy (non-hydrogen) atoms. The highest BCUT2D eigenvalue weighted by Crippen LogP contribution is 2.36. The molecule has 0 aliphatic heterocycles. The van der Waals surface area contributed by atoms with Crippen LogP contribution in [0.4, 0.5) is 11.5 Å². The molecule has 3 aromatic rings. The first-order valence-electron chi connectivity index (χ1n) is 8.81. The zero-order chi connectivity index (χ0) is 18.1. The molecule has 2 heterocycles. The lowest BCUT2D eigenvalue weighted by Gasteiger charge is -2.24. The van der Waals surface area contributed by atoms with Crippen molar-refractivity contribution in [2.45, 2.75) is 38.1 Å². The molecular weight excluding hydrogens is 396 g/mol. The van der Waals surface area contributed by atoms with E-state index in [9.17, 15) is 10.1 Å². The van der Waals surface area contributed by atoms with Crippen LogP contribution >= 0.6 is 15.9 Å². The first-order chi connectivity index (χ1) is 12.6. The van der Waals surface area contributed by atoms with Crippen molar-refractivity contribution >= 4 is 33.1 Å². The van der Waals surface area contributed by atoms with Gasteiger partial charge >= 0.3 is 0 Å². The number of halogens is 1. The minimum atomic E-state index is -0.348. The number of nitrogens with one attached hydrogen (secondary N) is 1. The van der Waals surface area contributed by atoms with Gasteiger partial charge in [0, 0.05) is 22.8 Å². The Morgan fingerprint density at radius 3 is 2.69 bits per heavy atom. The van der Waals surface area contributed by atoms with Crippen LogP contribution in [-0.2, 0) is 0 Å². The maximum Gasteiger partial charge on any atom is 0.278 e. The summed E-state index contributed by atoms with van der Waals surface area (Å²) in [5.41, 5.74) is 2.00. The monoisotopic (exact) mass is 414 g/mol. The van der Waals surface area contributed by atoms with Crippen molar-refractivity contribution in [1.82, 2.24) is 9.38 Å². The van der Waals surface area contributed by atoms with Crippen LogP contribution in [0.1, 0.15) is 32.1 Å². The molecule has 0 amide bonds. The number of hydrogen-bond donors (Lipinski definition) is 1. The first kappa shape index (κ1) is 17.0. The summed E-state index contributed by atoms with van der Waals surface area (Å²) < 4.78 is 2.91. The molecule has 0 unspecified atom stereocenters. The molecule has 2 aromatic heterocycles. The van der Waals surface area contributed by atoms with Crippen molar-refractivity contribution in [2.24, 2.45) is 0 Å². The van der Waals surface area contributed by atoms with Crippen LogP contribution < -0.4 is 5.32 Å². The van der Waals surface area contributed by atoms with Gasteiger partial charge in [0.1, 0.15) is 17.2 Å². The SMILES string of the molecule is O=[N+]([O-])c1ccccc1-c1nc2ccc(Br)cn2c1NC1CCCCC1. The highest BCUT2D eigenvalue weighted by atomic mass is 79.9. The van der Waals surface area contributed by atoms with E-state index >= 15 is 0 Å². The quantitative estimate of drug-likeness (QED) is 0.457. The number of anilines is 1. The number of nitrogens with zero attached hydrogens (tertiary/aromatic N) is 3. The predicted molar refractivity (Wildman–Crippen MR) is 105 cm³/mol. The summed E-state index contributed by atoms with van der Waals surface area (Å²) in [5, 5.41) is 15.1. The van der Waals surface area contributed by atoms with Crippen LogP contribution in [-0.4, -0.2) is 20.3 Å². The smallest absolute Gasteiger partial charge is 0.278 e. The van der Waals surface area contributed by atoms with E-state index in [1.807, 2.05) is 28.8 Å². The van der Waals surface area contributed by atoms with Crippen molar-refractivity contribution in [1.29, 1.82) is 0 Å². The molecular formula is C19H19BrN4O2. The summed E-state index contributed by atoms with van der Waals surface area (Å²) >= 11 is 3.51. The van der Waals surface area contributed by atoms with Crippen LogP contribution in [0.25, 0.3) is 16.9 Å². The molecule has 1 aliphatic rings. The average Bonchev–Trinajstić information content (AvgIpc) is 3.00. The summed E-state index contributed by atoms with van der Waals surface area (Å²) in [4.78, 5) is 15.9. The second-order valence-corrected chi connectivity index (χ2v) is 7.55. The number of nitro groups is 1. The van der Waals surface area contributed by atoms with Gasteiger partial charge in [0.15, 0.2) is 0 Å². The molecule has 0 atom stereocenters. The summed E-state index contributed by atoms with van der Waals surface area (Å²) in [6, 6.07) is 11.0. The minimum Gasteiger partial charge on any atom is -0.367 e. The molecule has 7 heteroatoms. The Morgan fingerprint density at radius 2 is 1.92 bits per heavy atom. The van der Waals surface area contributed by atoms with Crippen molar-refractivity contribution in [3.63, 3.8) is 0 Å². The number of rotatable bonds is 4. The van der Waals surface area contributed by atoms with Crippen LogP contribution in [0.5, 0.6) is 0 Å². The fourth-order valence-electron chi connectivity index (χ4n) is 3.62. The molecule has 0 bridgehead atoms. The zero-order valence-electron chi connectivity index (χ0n) is 14.2. The lowest BCUT2D eigenvalue weighted by atomic mass is 9.95. The summed E-state index contributed by atoms with van der Waals surface area (Å²) in [6.45, 7) is 0. The lowest BCUT2D eigenvalue weighted by molar-refractivity contribution is -0.384. The van der Waals surface area contributed by atoms with Crippen molar-refractivity contribution in [2.75, 3.05) is 5.32 Å². The van der Waals surface area contributed by atoms with Crippen LogP contribution in [0.3, 0.4) is 0 Å². The molecule has 4 rings (SSSR count). The van der Waals surface area contributed by atoms with Gasteiger partial charge in [0.05, 0.1) is 10.5 Å². The van der Waals surface area contributed by atoms with Crippen molar-refractivity contribution in [3.8, 4) is 11.3 Å². The largest absolute Gasteiger partial charge is 0.367 e.